The van der Waals surface area contributed by atoms with Gasteiger partial charge in [0.2, 0.25) is 5.91 Å². The number of aromatic nitrogens is 2. The fourth-order valence-electron chi connectivity index (χ4n) is 2.90. The molecule has 0 radical (unpaired) electrons. The van der Waals surface area contributed by atoms with Crippen LogP contribution in [0.3, 0.4) is 0 Å². The first kappa shape index (κ1) is 21.7. The number of benzene rings is 2. The predicted molar refractivity (Wildman–Crippen MR) is 129 cm³/mol. The Morgan fingerprint density at radius 3 is 2.66 bits per heavy atom. The van der Waals surface area contributed by atoms with E-state index in [0.717, 1.165) is 21.7 Å². The smallest absolute Gasteiger partial charge is 0.325 e. The van der Waals surface area contributed by atoms with Crippen LogP contribution in [0.2, 0.25) is 0 Å². The van der Waals surface area contributed by atoms with Gasteiger partial charge in [0.25, 0.3) is 0 Å². The Kier molecular flexibility index (Phi) is 6.93. The molecular formula is C22H21N5O3S2. The zero-order chi connectivity index (χ0) is 22.3. The van der Waals surface area contributed by atoms with Gasteiger partial charge >= 0.3 is 6.03 Å². The van der Waals surface area contributed by atoms with Crippen molar-refractivity contribution in [3.8, 4) is 5.75 Å². The highest BCUT2D eigenvalue weighted by molar-refractivity contribution is 7.22. The fourth-order valence-corrected chi connectivity index (χ4v) is 4.55. The predicted octanol–water partition coefficient (Wildman–Crippen LogP) is 5.37. The molecule has 0 saturated carbocycles. The minimum atomic E-state index is -0.363. The van der Waals surface area contributed by atoms with Crippen LogP contribution in [0.25, 0.3) is 10.2 Å². The average molecular weight is 468 g/mol. The maximum atomic E-state index is 12.3. The van der Waals surface area contributed by atoms with Crippen molar-refractivity contribution in [2.45, 2.75) is 19.8 Å². The summed E-state index contributed by atoms with van der Waals surface area (Å²) >= 11 is 2.72. The van der Waals surface area contributed by atoms with Gasteiger partial charge in [0.15, 0.2) is 10.3 Å². The third kappa shape index (κ3) is 5.80. The summed E-state index contributed by atoms with van der Waals surface area (Å²) in [7, 11) is 0. The molecule has 4 rings (SSSR count). The van der Waals surface area contributed by atoms with E-state index < -0.39 is 0 Å². The molecule has 3 N–H and O–H groups in total. The number of rotatable bonds is 8. The average Bonchev–Trinajstić information content (AvgIpc) is 3.39. The van der Waals surface area contributed by atoms with Crippen molar-refractivity contribution in [3.63, 3.8) is 0 Å². The number of thiazole rings is 2. The van der Waals surface area contributed by atoms with Crippen LogP contribution in [0, 0.1) is 0 Å². The molecule has 0 aliphatic heterocycles. The molecule has 0 spiro atoms. The van der Waals surface area contributed by atoms with Gasteiger partial charge in [-0.2, -0.15) is 0 Å². The Labute approximate surface area is 192 Å². The number of nitrogens with one attached hydrogen (secondary N) is 3. The van der Waals surface area contributed by atoms with Crippen LogP contribution in [-0.2, 0) is 11.2 Å². The lowest BCUT2D eigenvalue weighted by Gasteiger charge is -2.04. The van der Waals surface area contributed by atoms with Crippen LogP contribution in [-0.4, -0.2) is 28.5 Å². The number of urea groups is 1. The second-order valence-electron chi connectivity index (χ2n) is 6.72. The summed E-state index contributed by atoms with van der Waals surface area (Å²) in [5.41, 5.74) is 2.26. The molecule has 0 atom stereocenters. The minimum Gasteiger partial charge on any atom is -0.494 e. The number of aryl methyl sites for hydroxylation is 1. The van der Waals surface area contributed by atoms with Crippen molar-refractivity contribution in [1.82, 2.24) is 9.97 Å². The van der Waals surface area contributed by atoms with Crippen LogP contribution in [0.5, 0.6) is 5.75 Å². The lowest BCUT2D eigenvalue weighted by atomic mass is 10.2. The van der Waals surface area contributed by atoms with Gasteiger partial charge < -0.3 is 15.4 Å². The van der Waals surface area contributed by atoms with Gasteiger partial charge in [0.05, 0.1) is 22.5 Å². The van der Waals surface area contributed by atoms with E-state index in [0.29, 0.717) is 29.0 Å². The molecular weight excluding hydrogens is 446 g/mol. The maximum absolute atomic E-state index is 12.3. The first-order chi connectivity index (χ1) is 15.6. The fraction of sp³-hybridized carbons (Fsp3) is 0.182. The molecule has 0 aliphatic carbocycles. The monoisotopic (exact) mass is 467 g/mol. The molecule has 2 aromatic heterocycles. The van der Waals surface area contributed by atoms with E-state index in [1.54, 1.807) is 12.1 Å². The summed E-state index contributed by atoms with van der Waals surface area (Å²) < 4.78 is 6.46. The van der Waals surface area contributed by atoms with Gasteiger partial charge in [0.1, 0.15) is 5.75 Å². The normalized spacial score (nSPS) is 10.7. The number of fused-ring (bicyclic) bond motifs is 1. The quantitative estimate of drug-likeness (QED) is 0.323. The van der Waals surface area contributed by atoms with E-state index in [1.807, 2.05) is 48.7 Å². The second-order valence-corrected chi connectivity index (χ2v) is 8.61. The number of hydrogen-bond donors (Lipinski definition) is 3. The Bertz CT molecular complexity index is 1220. The van der Waals surface area contributed by atoms with Gasteiger partial charge in [-0.3, -0.25) is 10.1 Å². The number of para-hydroxylation sites is 1. The highest BCUT2D eigenvalue weighted by Crippen LogP contribution is 2.29. The van der Waals surface area contributed by atoms with Crippen LogP contribution in [0.15, 0.2) is 53.9 Å². The molecule has 8 nitrogen and oxygen atoms in total. The van der Waals surface area contributed by atoms with E-state index in [1.165, 1.54) is 22.7 Å². The lowest BCUT2D eigenvalue weighted by Crippen LogP contribution is -2.19. The van der Waals surface area contributed by atoms with Crippen molar-refractivity contribution in [2.75, 3.05) is 22.6 Å². The summed E-state index contributed by atoms with van der Waals surface area (Å²) in [6.07, 6.45) is 0.725. The zero-order valence-electron chi connectivity index (χ0n) is 17.3. The number of ether oxygens (including phenoxy) is 1. The van der Waals surface area contributed by atoms with Crippen LogP contribution < -0.4 is 20.7 Å². The van der Waals surface area contributed by atoms with Gasteiger partial charge in [-0.1, -0.05) is 29.5 Å². The molecule has 0 bridgehead atoms. The van der Waals surface area contributed by atoms with Crippen molar-refractivity contribution in [3.05, 3.63) is 59.6 Å². The van der Waals surface area contributed by atoms with Crippen LogP contribution in [0.4, 0.5) is 20.7 Å². The number of anilines is 3. The topological polar surface area (TPSA) is 105 Å². The Hall–Kier alpha value is -3.50. The van der Waals surface area contributed by atoms with Gasteiger partial charge in [-0.05, 0) is 43.7 Å². The first-order valence-electron chi connectivity index (χ1n) is 10.00. The molecule has 0 unspecified atom stereocenters. The number of amides is 3. The molecule has 3 amide bonds. The van der Waals surface area contributed by atoms with E-state index >= 15 is 0 Å². The first-order valence-corrected chi connectivity index (χ1v) is 11.7. The molecule has 0 saturated heterocycles. The standard InChI is InChI=1S/C22H21N5O3S2/c1-2-30-16-9-10-17-18(12-16)32-22(25-17)26-19(28)11-8-15-13-31-21(24-15)27-20(29)23-14-6-4-3-5-7-14/h3-7,9-10,12-13H,2,8,11H2,1H3,(H,25,26,28)(H2,23,24,27,29). The molecule has 32 heavy (non-hydrogen) atoms. The Morgan fingerprint density at radius 2 is 1.84 bits per heavy atom. The van der Waals surface area contributed by atoms with Gasteiger partial charge in [0, 0.05) is 17.5 Å². The summed E-state index contributed by atoms with van der Waals surface area (Å²) in [5, 5.41) is 11.1. The van der Waals surface area contributed by atoms with Crippen LogP contribution in [0.1, 0.15) is 19.0 Å². The van der Waals surface area contributed by atoms with E-state index in [9.17, 15) is 9.59 Å². The molecule has 164 valence electrons. The number of carbonyl (C=O) groups excluding carboxylic acids is 2. The van der Waals surface area contributed by atoms with Crippen molar-refractivity contribution >= 4 is 60.8 Å². The van der Waals surface area contributed by atoms with Crippen LogP contribution >= 0.6 is 22.7 Å². The Morgan fingerprint density at radius 1 is 1.00 bits per heavy atom. The third-order valence-corrected chi connectivity index (χ3v) is 6.07. The second kappa shape index (κ2) is 10.2. The minimum absolute atomic E-state index is 0.140. The maximum Gasteiger partial charge on any atom is 0.325 e. The molecule has 2 heterocycles. The molecule has 2 aromatic carbocycles. The molecule has 4 aromatic rings. The highest BCUT2D eigenvalue weighted by Gasteiger charge is 2.11. The van der Waals surface area contributed by atoms with Gasteiger partial charge in [-0.25, -0.2) is 14.8 Å². The van der Waals surface area contributed by atoms with E-state index in [4.69, 9.17) is 4.74 Å². The number of hydrogen-bond acceptors (Lipinski definition) is 7. The van der Waals surface area contributed by atoms with E-state index in [2.05, 4.69) is 25.9 Å². The van der Waals surface area contributed by atoms with Crippen molar-refractivity contribution in [2.24, 2.45) is 0 Å². The molecule has 0 fully saturated rings. The number of nitrogens with zero attached hydrogens (tertiary/aromatic N) is 2. The highest BCUT2D eigenvalue weighted by atomic mass is 32.1. The SMILES string of the molecule is CCOc1ccc2nc(NC(=O)CCc3csc(NC(=O)Nc4ccccc4)n3)sc2c1. The summed E-state index contributed by atoms with van der Waals surface area (Å²) in [6.45, 7) is 2.53. The largest absolute Gasteiger partial charge is 0.494 e. The lowest BCUT2D eigenvalue weighted by molar-refractivity contribution is -0.116. The summed E-state index contributed by atoms with van der Waals surface area (Å²) in [5.74, 6) is 0.644. The molecule has 0 aliphatic rings. The summed E-state index contributed by atoms with van der Waals surface area (Å²) in [4.78, 5) is 33.2. The van der Waals surface area contributed by atoms with Crippen molar-refractivity contribution in [1.29, 1.82) is 0 Å². The Balaban J connectivity index is 1.27. The third-order valence-electron chi connectivity index (χ3n) is 4.33. The zero-order valence-corrected chi connectivity index (χ0v) is 18.9. The number of carbonyl (C=O) groups is 2. The molecule has 10 heteroatoms. The summed E-state index contributed by atoms with van der Waals surface area (Å²) in [6, 6.07) is 14.5. The van der Waals surface area contributed by atoms with Gasteiger partial charge in [-0.15, -0.1) is 11.3 Å². The van der Waals surface area contributed by atoms with E-state index in [-0.39, 0.29) is 18.4 Å². The van der Waals surface area contributed by atoms with Crippen molar-refractivity contribution < 1.29 is 14.3 Å².